The molecule has 1 unspecified atom stereocenters. The van der Waals surface area contributed by atoms with Crippen molar-refractivity contribution in [1.29, 1.82) is 0 Å². The number of imidazole rings is 1. The first kappa shape index (κ1) is 12.6. The van der Waals surface area contributed by atoms with E-state index in [-0.39, 0.29) is 11.9 Å². The van der Waals surface area contributed by atoms with E-state index in [1.165, 1.54) is 17.4 Å². The molecule has 0 aliphatic rings. The van der Waals surface area contributed by atoms with Gasteiger partial charge in [0.2, 0.25) is 5.95 Å². The topological polar surface area (TPSA) is 56.7 Å². The molecule has 4 nitrogen and oxygen atoms in total. The van der Waals surface area contributed by atoms with Gasteiger partial charge >= 0.3 is 0 Å². The lowest BCUT2D eigenvalue weighted by Gasteiger charge is -2.13. The Bertz CT molecular complexity index is 738. The van der Waals surface area contributed by atoms with Crippen molar-refractivity contribution in [3.05, 3.63) is 39.0 Å². The molecule has 0 bridgehead atoms. The summed E-state index contributed by atoms with van der Waals surface area (Å²) in [4.78, 5) is 8.54. The number of anilines is 1. The van der Waals surface area contributed by atoms with Gasteiger partial charge in [-0.1, -0.05) is 0 Å². The summed E-state index contributed by atoms with van der Waals surface area (Å²) in [6, 6.07) is 2.99. The van der Waals surface area contributed by atoms with Crippen LogP contribution in [0.3, 0.4) is 0 Å². The lowest BCUT2D eigenvalue weighted by Crippen LogP contribution is -2.09. The zero-order valence-corrected chi connectivity index (χ0v) is 12.4. The minimum absolute atomic E-state index is 0.0782. The van der Waals surface area contributed by atoms with E-state index in [0.29, 0.717) is 21.5 Å². The molecular formula is C12H10BrFN4S. The smallest absolute Gasteiger partial charge is 0.201 e. The molecule has 2 N–H and O–H groups in total. The van der Waals surface area contributed by atoms with Crippen LogP contribution in [0.2, 0.25) is 0 Å². The van der Waals surface area contributed by atoms with Gasteiger partial charge in [-0.25, -0.2) is 14.4 Å². The van der Waals surface area contributed by atoms with Gasteiger partial charge in [-0.15, -0.1) is 11.3 Å². The number of hydrogen-bond donors (Lipinski definition) is 1. The normalized spacial score (nSPS) is 13.0. The van der Waals surface area contributed by atoms with Gasteiger partial charge in [-0.3, -0.25) is 0 Å². The molecule has 98 valence electrons. The van der Waals surface area contributed by atoms with Gasteiger partial charge < -0.3 is 10.3 Å². The van der Waals surface area contributed by atoms with Crippen molar-refractivity contribution >= 4 is 44.2 Å². The van der Waals surface area contributed by atoms with E-state index in [4.69, 9.17) is 5.73 Å². The van der Waals surface area contributed by atoms with Crippen molar-refractivity contribution in [2.45, 2.75) is 13.0 Å². The zero-order chi connectivity index (χ0) is 13.6. The Kier molecular flexibility index (Phi) is 3.02. The first-order valence-corrected chi connectivity index (χ1v) is 7.27. The molecule has 0 saturated carbocycles. The molecule has 3 rings (SSSR count). The Labute approximate surface area is 121 Å². The average Bonchev–Trinajstić information content (AvgIpc) is 2.97. The number of fused-ring (bicyclic) bond motifs is 1. The quantitative estimate of drug-likeness (QED) is 0.775. The monoisotopic (exact) mass is 340 g/mol. The molecule has 3 aromatic rings. The highest BCUT2D eigenvalue weighted by molar-refractivity contribution is 9.10. The Morgan fingerprint density at radius 3 is 2.95 bits per heavy atom. The van der Waals surface area contributed by atoms with Crippen LogP contribution in [-0.2, 0) is 0 Å². The van der Waals surface area contributed by atoms with E-state index in [0.717, 1.165) is 5.01 Å². The van der Waals surface area contributed by atoms with Gasteiger partial charge in [-0.2, -0.15) is 0 Å². The highest BCUT2D eigenvalue weighted by atomic mass is 79.9. The number of nitrogen functional groups attached to an aromatic ring is 1. The minimum atomic E-state index is -0.333. The van der Waals surface area contributed by atoms with Crippen LogP contribution in [0.4, 0.5) is 10.3 Å². The van der Waals surface area contributed by atoms with Gasteiger partial charge in [0.05, 0.1) is 21.5 Å². The number of nitrogens with zero attached hydrogens (tertiary/aromatic N) is 3. The summed E-state index contributed by atoms with van der Waals surface area (Å²) in [6.07, 6.45) is 1.74. The molecule has 1 atom stereocenters. The van der Waals surface area contributed by atoms with E-state index in [1.807, 2.05) is 12.3 Å². The highest BCUT2D eigenvalue weighted by Crippen LogP contribution is 2.30. The second-order valence-corrected chi connectivity index (χ2v) is 5.92. The molecule has 7 heteroatoms. The van der Waals surface area contributed by atoms with Crippen molar-refractivity contribution in [3.63, 3.8) is 0 Å². The van der Waals surface area contributed by atoms with Gasteiger partial charge in [0.25, 0.3) is 0 Å². The maximum absolute atomic E-state index is 13.7. The van der Waals surface area contributed by atoms with Crippen LogP contribution < -0.4 is 5.73 Å². The predicted molar refractivity (Wildman–Crippen MR) is 77.7 cm³/mol. The van der Waals surface area contributed by atoms with Crippen molar-refractivity contribution in [3.8, 4) is 0 Å². The van der Waals surface area contributed by atoms with Crippen LogP contribution in [0.25, 0.3) is 11.0 Å². The zero-order valence-electron chi connectivity index (χ0n) is 9.97. The third kappa shape index (κ3) is 2.02. The van der Waals surface area contributed by atoms with Crippen LogP contribution in [0.1, 0.15) is 18.0 Å². The number of nitrogens with two attached hydrogens (primary N) is 1. The van der Waals surface area contributed by atoms with Crippen LogP contribution in [0.5, 0.6) is 0 Å². The van der Waals surface area contributed by atoms with Crippen LogP contribution in [-0.4, -0.2) is 14.5 Å². The van der Waals surface area contributed by atoms with E-state index >= 15 is 0 Å². The van der Waals surface area contributed by atoms with Gasteiger partial charge in [0.15, 0.2) is 0 Å². The number of benzene rings is 1. The Morgan fingerprint density at radius 2 is 2.26 bits per heavy atom. The van der Waals surface area contributed by atoms with Crippen LogP contribution in [0.15, 0.2) is 28.2 Å². The highest BCUT2D eigenvalue weighted by Gasteiger charge is 2.18. The van der Waals surface area contributed by atoms with E-state index in [2.05, 4.69) is 25.9 Å². The first-order chi connectivity index (χ1) is 9.08. The summed E-state index contributed by atoms with van der Waals surface area (Å²) in [7, 11) is 0. The third-order valence-corrected chi connectivity index (χ3v) is 4.51. The molecule has 0 aliphatic carbocycles. The fourth-order valence-corrected chi connectivity index (χ4v) is 3.08. The molecule has 2 aromatic heterocycles. The van der Waals surface area contributed by atoms with Crippen molar-refractivity contribution in [2.24, 2.45) is 0 Å². The van der Waals surface area contributed by atoms with Gasteiger partial charge in [-0.05, 0) is 28.9 Å². The molecule has 19 heavy (non-hydrogen) atoms. The number of rotatable bonds is 2. The maximum atomic E-state index is 13.7. The molecule has 1 aromatic carbocycles. The maximum Gasteiger partial charge on any atom is 0.201 e. The average molecular weight is 341 g/mol. The molecule has 0 aliphatic heterocycles. The van der Waals surface area contributed by atoms with Crippen LogP contribution >= 0.6 is 27.3 Å². The fraction of sp³-hybridized carbons (Fsp3) is 0.167. The third-order valence-electron chi connectivity index (χ3n) is 2.95. The van der Waals surface area contributed by atoms with Crippen molar-refractivity contribution in [2.75, 3.05) is 5.73 Å². The Morgan fingerprint density at radius 1 is 1.47 bits per heavy atom. The Balaban J connectivity index is 2.23. The largest absolute Gasteiger partial charge is 0.369 e. The Hall–Kier alpha value is -1.47. The lowest BCUT2D eigenvalue weighted by atomic mass is 10.2. The summed E-state index contributed by atoms with van der Waals surface area (Å²) in [5, 5.41) is 2.81. The lowest BCUT2D eigenvalue weighted by molar-refractivity contribution is 0.618. The van der Waals surface area contributed by atoms with Gasteiger partial charge in [0, 0.05) is 17.6 Å². The molecular weight excluding hydrogens is 331 g/mol. The summed E-state index contributed by atoms with van der Waals surface area (Å²) >= 11 is 4.69. The van der Waals surface area contributed by atoms with E-state index < -0.39 is 0 Å². The number of aromatic nitrogens is 3. The second kappa shape index (κ2) is 4.57. The predicted octanol–water partition coefficient (Wildman–Crippen LogP) is 3.59. The van der Waals surface area contributed by atoms with Gasteiger partial charge in [0.1, 0.15) is 10.8 Å². The summed E-state index contributed by atoms with van der Waals surface area (Å²) < 4.78 is 15.9. The SMILES string of the molecule is CC(c1nccs1)n1c(N)nc2cc(Br)c(F)cc21. The first-order valence-electron chi connectivity index (χ1n) is 5.59. The fourth-order valence-electron chi connectivity index (χ4n) is 2.07. The second-order valence-electron chi connectivity index (χ2n) is 4.14. The number of hydrogen-bond acceptors (Lipinski definition) is 4. The van der Waals surface area contributed by atoms with E-state index in [9.17, 15) is 4.39 Å². The molecule has 0 radical (unpaired) electrons. The summed E-state index contributed by atoms with van der Waals surface area (Å²) in [6.45, 7) is 1.97. The number of thiazole rings is 1. The van der Waals surface area contributed by atoms with Crippen molar-refractivity contribution in [1.82, 2.24) is 14.5 Å². The number of halogens is 2. The molecule has 0 spiro atoms. The van der Waals surface area contributed by atoms with Crippen LogP contribution in [0, 0.1) is 5.82 Å². The molecule has 0 amide bonds. The standard InChI is InChI=1S/C12H10BrFN4S/c1-6(11-16-2-3-19-11)18-10-5-8(14)7(13)4-9(10)17-12(18)15/h2-6H,1H3,(H2,15,17). The minimum Gasteiger partial charge on any atom is -0.369 e. The molecule has 0 saturated heterocycles. The van der Waals surface area contributed by atoms with E-state index in [1.54, 1.807) is 16.8 Å². The molecule has 2 heterocycles. The van der Waals surface area contributed by atoms with Crippen molar-refractivity contribution < 1.29 is 4.39 Å². The molecule has 0 fully saturated rings. The summed E-state index contributed by atoms with van der Waals surface area (Å²) in [5.41, 5.74) is 7.28. The summed E-state index contributed by atoms with van der Waals surface area (Å²) in [5.74, 6) is 0.0233.